The standard InChI is InChI=1S/C5H6N3O2S/c1-2-11-7-4-6-3-5(7)8(9)10/h3-4H,1-2H2. The van der Waals surface area contributed by atoms with Crippen molar-refractivity contribution in [3.8, 4) is 0 Å². The van der Waals surface area contributed by atoms with Crippen LogP contribution in [0.25, 0.3) is 0 Å². The molecule has 11 heavy (non-hydrogen) atoms. The molecule has 0 aliphatic carbocycles. The van der Waals surface area contributed by atoms with Gasteiger partial charge in [-0.15, -0.1) is 3.97 Å². The monoisotopic (exact) mass is 172 g/mol. The summed E-state index contributed by atoms with van der Waals surface area (Å²) in [5.74, 6) is 0.524. The molecule has 1 aromatic rings. The summed E-state index contributed by atoms with van der Waals surface area (Å²) in [6, 6.07) is 0. The lowest BCUT2D eigenvalue weighted by atomic mass is 10.8. The van der Waals surface area contributed by atoms with Gasteiger partial charge in [0.1, 0.15) is 6.20 Å². The van der Waals surface area contributed by atoms with Crippen LogP contribution in [0.4, 0.5) is 5.82 Å². The molecule has 1 radical (unpaired) electrons. The Morgan fingerprint density at radius 3 is 3.18 bits per heavy atom. The van der Waals surface area contributed by atoms with Crippen LogP contribution in [0.3, 0.4) is 0 Å². The van der Waals surface area contributed by atoms with Crippen LogP contribution in [0.1, 0.15) is 0 Å². The molecular formula is C5H6N3O2S. The van der Waals surface area contributed by atoms with E-state index in [0.29, 0.717) is 5.75 Å². The van der Waals surface area contributed by atoms with E-state index in [1.54, 1.807) is 0 Å². The molecule has 59 valence electrons. The average Bonchev–Trinajstić information content (AvgIpc) is 2.36. The maximum atomic E-state index is 10.3. The van der Waals surface area contributed by atoms with Crippen molar-refractivity contribution in [1.82, 2.24) is 8.96 Å². The van der Waals surface area contributed by atoms with E-state index in [2.05, 4.69) is 11.9 Å². The van der Waals surface area contributed by atoms with E-state index in [0.717, 1.165) is 0 Å². The number of aromatic nitrogens is 2. The van der Waals surface area contributed by atoms with Crippen molar-refractivity contribution in [3.05, 3.63) is 29.6 Å². The summed E-state index contributed by atoms with van der Waals surface area (Å²) in [5.41, 5.74) is 0. The zero-order chi connectivity index (χ0) is 8.27. The topological polar surface area (TPSA) is 61.0 Å². The average molecular weight is 172 g/mol. The number of hydrogen-bond acceptors (Lipinski definition) is 4. The number of imidazole rings is 1. The molecule has 0 fully saturated rings. The predicted octanol–water partition coefficient (Wildman–Crippen LogP) is 1.12. The Labute approximate surface area is 67.7 Å². The van der Waals surface area contributed by atoms with E-state index in [9.17, 15) is 10.1 Å². The second-order valence-corrected chi connectivity index (χ2v) is 2.73. The summed E-state index contributed by atoms with van der Waals surface area (Å²) in [6.45, 7) is 3.55. The zero-order valence-corrected chi connectivity index (χ0v) is 6.45. The van der Waals surface area contributed by atoms with E-state index >= 15 is 0 Å². The van der Waals surface area contributed by atoms with Gasteiger partial charge in [-0.2, -0.15) is 0 Å². The molecule has 0 aromatic carbocycles. The summed E-state index contributed by atoms with van der Waals surface area (Å²) in [7, 11) is 0. The summed E-state index contributed by atoms with van der Waals surface area (Å²) < 4.78 is 1.38. The first-order chi connectivity index (χ1) is 5.25. The van der Waals surface area contributed by atoms with Crippen LogP contribution in [-0.2, 0) is 0 Å². The van der Waals surface area contributed by atoms with Crippen LogP contribution in [0, 0.1) is 17.0 Å². The van der Waals surface area contributed by atoms with Gasteiger partial charge < -0.3 is 10.1 Å². The molecule has 0 unspecified atom stereocenters. The first kappa shape index (κ1) is 8.06. The molecule has 0 atom stereocenters. The highest BCUT2D eigenvalue weighted by Crippen LogP contribution is 2.16. The van der Waals surface area contributed by atoms with E-state index in [4.69, 9.17) is 0 Å². The summed E-state index contributed by atoms with van der Waals surface area (Å²) >= 11 is 1.24. The van der Waals surface area contributed by atoms with Gasteiger partial charge in [0.15, 0.2) is 6.33 Å². The van der Waals surface area contributed by atoms with Crippen LogP contribution >= 0.6 is 11.9 Å². The largest absolute Gasteiger partial charge is 0.358 e. The van der Waals surface area contributed by atoms with E-state index in [1.807, 2.05) is 0 Å². The van der Waals surface area contributed by atoms with Crippen molar-refractivity contribution in [1.29, 1.82) is 0 Å². The Bertz CT molecular complexity index is 260. The fourth-order valence-corrected chi connectivity index (χ4v) is 1.17. The highest BCUT2D eigenvalue weighted by molar-refractivity contribution is 7.97. The van der Waals surface area contributed by atoms with Crippen LogP contribution in [0.2, 0.25) is 0 Å². The first-order valence-electron chi connectivity index (χ1n) is 2.85. The summed E-state index contributed by atoms with van der Waals surface area (Å²) in [4.78, 5) is 13.4. The molecule has 0 spiro atoms. The fraction of sp³-hybridized carbons (Fsp3) is 0.200. The molecule has 1 aromatic heterocycles. The normalized spacial score (nSPS) is 9.91. The molecule has 1 rings (SSSR count). The molecule has 5 nitrogen and oxygen atoms in total. The third-order valence-corrected chi connectivity index (χ3v) is 1.75. The molecule has 0 bridgehead atoms. The second kappa shape index (κ2) is 3.38. The predicted molar refractivity (Wildman–Crippen MR) is 42.1 cm³/mol. The molecule has 0 aliphatic heterocycles. The number of nitro groups is 1. The minimum absolute atomic E-state index is 0.0151. The van der Waals surface area contributed by atoms with E-state index in [-0.39, 0.29) is 5.82 Å². The van der Waals surface area contributed by atoms with Gasteiger partial charge >= 0.3 is 5.82 Å². The summed E-state index contributed by atoms with van der Waals surface area (Å²) in [5, 5.41) is 10.3. The van der Waals surface area contributed by atoms with Crippen molar-refractivity contribution in [3.63, 3.8) is 0 Å². The SMILES string of the molecule is [CH2]CSn1cncc1[N+](=O)[O-]. The lowest BCUT2D eigenvalue weighted by molar-refractivity contribution is -0.390. The van der Waals surface area contributed by atoms with Gasteiger partial charge in [-0.3, -0.25) is 0 Å². The highest BCUT2D eigenvalue weighted by atomic mass is 32.2. The number of hydrogen-bond donors (Lipinski definition) is 0. The molecule has 0 saturated carbocycles. The van der Waals surface area contributed by atoms with Crippen LogP contribution in [-0.4, -0.2) is 19.6 Å². The number of rotatable bonds is 3. The molecule has 6 heteroatoms. The molecule has 0 amide bonds. The van der Waals surface area contributed by atoms with Gasteiger partial charge in [0, 0.05) is 5.75 Å². The minimum Gasteiger partial charge on any atom is -0.358 e. The minimum atomic E-state index is -0.477. The van der Waals surface area contributed by atoms with E-state index in [1.165, 1.54) is 28.4 Å². The van der Waals surface area contributed by atoms with Gasteiger partial charge in [-0.05, 0) is 11.8 Å². The first-order valence-corrected chi connectivity index (χ1v) is 3.79. The lowest BCUT2D eigenvalue weighted by Gasteiger charge is -1.94. The van der Waals surface area contributed by atoms with Gasteiger partial charge in [0.05, 0.1) is 11.9 Å². The van der Waals surface area contributed by atoms with Crippen LogP contribution in [0.15, 0.2) is 12.5 Å². The Balaban J connectivity index is 2.87. The Hall–Kier alpha value is -1.04. The molecule has 0 saturated heterocycles. The van der Waals surface area contributed by atoms with Crippen molar-refractivity contribution < 1.29 is 4.92 Å². The third kappa shape index (κ3) is 1.70. The number of nitrogens with zero attached hydrogens (tertiary/aromatic N) is 3. The molecule has 0 aliphatic rings. The maximum Gasteiger partial charge on any atom is 0.354 e. The molecular weight excluding hydrogens is 166 g/mol. The van der Waals surface area contributed by atoms with Crippen molar-refractivity contribution in [2.45, 2.75) is 0 Å². The Kier molecular flexibility index (Phi) is 2.48. The second-order valence-electron chi connectivity index (χ2n) is 1.67. The summed E-state index contributed by atoms with van der Waals surface area (Å²) in [6.07, 6.45) is 2.61. The Morgan fingerprint density at radius 1 is 1.91 bits per heavy atom. The van der Waals surface area contributed by atoms with Gasteiger partial charge in [0.25, 0.3) is 0 Å². The van der Waals surface area contributed by atoms with Gasteiger partial charge in [0.2, 0.25) is 0 Å². The highest BCUT2D eigenvalue weighted by Gasteiger charge is 2.12. The smallest absolute Gasteiger partial charge is 0.354 e. The Morgan fingerprint density at radius 2 is 2.64 bits per heavy atom. The van der Waals surface area contributed by atoms with Crippen LogP contribution in [0.5, 0.6) is 0 Å². The van der Waals surface area contributed by atoms with Crippen molar-refractivity contribution >= 4 is 17.8 Å². The quantitative estimate of drug-likeness (QED) is 0.506. The fourth-order valence-electron chi connectivity index (χ4n) is 0.602. The molecule has 1 heterocycles. The third-order valence-electron chi connectivity index (χ3n) is 1.00. The van der Waals surface area contributed by atoms with Crippen molar-refractivity contribution in [2.24, 2.45) is 0 Å². The van der Waals surface area contributed by atoms with Gasteiger partial charge in [-0.1, -0.05) is 0 Å². The zero-order valence-electron chi connectivity index (χ0n) is 5.64. The lowest BCUT2D eigenvalue weighted by Crippen LogP contribution is -1.94. The van der Waals surface area contributed by atoms with Crippen LogP contribution < -0.4 is 0 Å². The van der Waals surface area contributed by atoms with E-state index < -0.39 is 4.92 Å². The maximum absolute atomic E-state index is 10.3. The van der Waals surface area contributed by atoms with Crippen molar-refractivity contribution in [2.75, 3.05) is 5.75 Å². The van der Waals surface area contributed by atoms with Gasteiger partial charge in [-0.25, -0.2) is 4.98 Å². The molecule has 0 N–H and O–H groups in total.